The minimum absolute atomic E-state index is 0. The van der Waals surface area contributed by atoms with E-state index in [4.69, 9.17) is 4.74 Å². The predicted molar refractivity (Wildman–Crippen MR) is 109 cm³/mol. The zero-order chi connectivity index (χ0) is 15.9. The van der Waals surface area contributed by atoms with E-state index >= 15 is 0 Å². The fourth-order valence-corrected chi connectivity index (χ4v) is 3.26. The summed E-state index contributed by atoms with van der Waals surface area (Å²) in [5, 5.41) is 0. The largest absolute Gasteiger partial charge is 0.494 e. The average Bonchev–Trinajstić information content (AvgIpc) is 2.60. The number of aromatic nitrogens is 1. The highest BCUT2D eigenvalue weighted by atomic mass is 16.5. The molecule has 1 aliphatic heterocycles. The molecule has 1 saturated heterocycles. The quantitative estimate of drug-likeness (QED) is 0.684. The molecule has 8 N–H and O–H groups in total. The fourth-order valence-electron chi connectivity index (χ4n) is 3.26. The van der Waals surface area contributed by atoms with Crippen molar-refractivity contribution in [3.05, 3.63) is 48.8 Å². The van der Waals surface area contributed by atoms with Gasteiger partial charge in [0.2, 0.25) is 0 Å². The van der Waals surface area contributed by atoms with E-state index in [0.29, 0.717) is 0 Å². The van der Waals surface area contributed by atoms with Gasteiger partial charge in [0.25, 0.3) is 0 Å². The Labute approximate surface area is 161 Å². The van der Waals surface area contributed by atoms with Crippen LogP contribution >= 0.6 is 0 Å². The van der Waals surface area contributed by atoms with Gasteiger partial charge in [0.05, 0.1) is 6.61 Å². The first-order valence-corrected chi connectivity index (χ1v) is 8.67. The zero-order valence-corrected chi connectivity index (χ0v) is 15.9. The summed E-state index contributed by atoms with van der Waals surface area (Å²) >= 11 is 0. The predicted octanol–water partition coefficient (Wildman–Crippen LogP) is 0.951. The summed E-state index contributed by atoms with van der Waals surface area (Å²) in [6.07, 6.45) is 7.47. The average molecular weight is 383 g/mol. The highest BCUT2D eigenvalue weighted by Crippen LogP contribution is 2.22. The van der Waals surface area contributed by atoms with Gasteiger partial charge < -0.3 is 31.5 Å². The van der Waals surface area contributed by atoms with Crippen LogP contribution in [-0.4, -0.2) is 58.0 Å². The molecule has 1 aliphatic rings. The summed E-state index contributed by atoms with van der Waals surface area (Å²) in [7, 11) is 0. The maximum absolute atomic E-state index is 5.88. The van der Waals surface area contributed by atoms with Gasteiger partial charge in [-0.1, -0.05) is 19.1 Å². The third-order valence-corrected chi connectivity index (χ3v) is 4.50. The lowest BCUT2D eigenvalue weighted by atomic mass is 10.0. The highest BCUT2D eigenvalue weighted by molar-refractivity contribution is 5.63. The number of nitrogens with zero attached hydrogens (tertiary/aromatic N) is 2. The molecule has 0 radical (unpaired) electrons. The molecular formula is C20H34N2O5. The third-order valence-electron chi connectivity index (χ3n) is 4.50. The molecule has 7 heteroatoms. The van der Waals surface area contributed by atoms with Gasteiger partial charge in [-0.05, 0) is 67.1 Å². The Bertz CT molecular complexity index is 595. The molecular weight excluding hydrogens is 348 g/mol. The summed E-state index contributed by atoms with van der Waals surface area (Å²) < 4.78 is 5.88. The number of ether oxygens (including phenoxy) is 1. The first-order valence-electron chi connectivity index (χ1n) is 8.67. The number of likely N-dealkylation sites (tertiary alicyclic amines) is 1. The van der Waals surface area contributed by atoms with Crippen molar-refractivity contribution in [1.29, 1.82) is 0 Å². The lowest BCUT2D eigenvalue weighted by Crippen LogP contribution is -2.35. The van der Waals surface area contributed by atoms with Gasteiger partial charge >= 0.3 is 0 Å². The zero-order valence-electron chi connectivity index (χ0n) is 15.9. The van der Waals surface area contributed by atoms with Crippen LogP contribution < -0.4 is 4.74 Å². The minimum atomic E-state index is 0. The Kier molecular flexibility index (Phi) is 14.2. The lowest BCUT2D eigenvalue weighted by molar-refractivity contribution is 0.170. The van der Waals surface area contributed by atoms with Crippen molar-refractivity contribution >= 4 is 0 Å². The Morgan fingerprint density at radius 1 is 0.963 bits per heavy atom. The summed E-state index contributed by atoms with van der Waals surface area (Å²) in [6, 6.07) is 12.4. The van der Waals surface area contributed by atoms with Crippen LogP contribution in [0.1, 0.15) is 26.2 Å². The molecule has 2 heterocycles. The van der Waals surface area contributed by atoms with E-state index in [0.717, 1.165) is 31.2 Å². The molecule has 7 nitrogen and oxygen atoms in total. The highest BCUT2D eigenvalue weighted by Gasteiger charge is 2.15. The second-order valence-electron chi connectivity index (χ2n) is 6.51. The van der Waals surface area contributed by atoms with Gasteiger partial charge in [-0.2, -0.15) is 0 Å². The van der Waals surface area contributed by atoms with Crippen molar-refractivity contribution in [2.75, 3.05) is 26.2 Å². The Balaban J connectivity index is 0. The normalized spacial score (nSPS) is 16.0. The van der Waals surface area contributed by atoms with Crippen LogP contribution in [0.25, 0.3) is 11.1 Å². The van der Waals surface area contributed by atoms with E-state index in [9.17, 15) is 0 Å². The molecule has 1 unspecified atom stereocenters. The standard InChI is InChI=1S/C20H26N2O.4H2O/c1-17-4-2-13-22(16-17)14-3-15-23-20-7-5-18(6-8-20)19-9-11-21-12-10-19;;;;/h5-12,17H,2-4,13-16H2,1H3;4*1H2. The molecule has 0 aliphatic carbocycles. The minimum Gasteiger partial charge on any atom is -0.494 e. The fraction of sp³-hybridized carbons (Fsp3) is 0.450. The van der Waals surface area contributed by atoms with Crippen molar-refractivity contribution in [3.63, 3.8) is 0 Å². The number of hydrogen-bond acceptors (Lipinski definition) is 3. The van der Waals surface area contributed by atoms with E-state index in [1.165, 1.54) is 37.1 Å². The molecule has 27 heavy (non-hydrogen) atoms. The molecule has 0 bridgehead atoms. The van der Waals surface area contributed by atoms with Crippen LogP contribution in [0.2, 0.25) is 0 Å². The molecule has 154 valence electrons. The molecule has 0 amide bonds. The van der Waals surface area contributed by atoms with Gasteiger partial charge in [0.15, 0.2) is 0 Å². The first-order chi connectivity index (χ1) is 11.3. The van der Waals surface area contributed by atoms with Crippen LogP contribution in [0.4, 0.5) is 0 Å². The van der Waals surface area contributed by atoms with Crippen molar-refractivity contribution in [2.45, 2.75) is 26.2 Å². The van der Waals surface area contributed by atoms with Crippen molar-refractivity contribution in [2.24, 2.45) is 5.92 Å². The van der Waals surface area contributed by atoms with Gasteiger partial charge in [-0.3, -0.25) is 4.98 Å². The van der Waals surface area contributed by atoms with Crippen LogP contribution in [0.15, 0.2) is 48.8 Å². The lowest BCUT2D eigenvalue weighted by Gasteiger charge is -2.30. The smallest absolute Gasteiger partial charge is 0.119 e. The number of benzene rings is 1. The van der Waals surface area contributed by atoms with Gasteiger partial charge in [-0.15, -0.1) is 0 Å². The molecule has 2 aromatic rings. The number of hydrogen-bond donors (Lipinski definition) is 0. The van der Waals surface area contributed by atoms with E-state index in [-0.39, 0.29) is 21.9 Å². The second-order valence-corrected chi connectivity index (χ2v) is 6.51. The van der Waals surface area contributed by atoms with Crippen molar-refractivity contribution < 1.29 is 26.6 Å². The molecule has 0 spiro atoms. The maximum Gasteiger partial charge on any atom is 0.119 e. The van der Waals surface area contributed by atoms with Crippen LogP contribution in [0.3, 0.4) is 0 Å². The number of pyridine rings is 1. The number of piperidine rings is 1. The van der Waals surface area contributed by atoms with Gasteiger partial charge in [0.1, 0.15) is 5.75 Å². The van der Waals surface area contributed by atoms with Crippen LogP contribution in [0, 0.1) is 5.92 Å². The summed E-state index contributed by atoms with van der Waals surface area (Å²) in [6.45, 7) is 6.80. The monoisotopic (exact) mass is 382 g/mol. The first kappa shape index (κ1) is 27.2. The van der Waals surface area contributed by atoms with Crippen LogP contribution in [-0.2, 0) is 0 Å². The number of rotatable bonds is 6. The van der Waals surface area contributed by atoms with E-state index in [1.54, 1.807) is 0 Å². The Morgan fingerprint density at radius 3 is 2.22 bits per heavy atom. The Hall–Kier alpha value is -2.03. The molecule has 1 atom stereocenters. The molecule has 1 fully saturated rings. The van der Waals surface area contributed by atoms with Gasteiger partial charge in [0, 0.05) is 25.5 Å². The second kappa shape index (κ2) is 14.1. The SMILES string of the molecule is CC1CCCN(CCCOc2ccc(-c3ccncc3)cc2)C1.O.O.O.O. The van der Waals surface area contributed by atoms with E-state index < -0.39 is 0 Å². The third kappa shape index (κ3) is 8.47. The molecule has 1 aromatic heterocycles. The molecule has 1 aromatic carbocycles. The maximum atomic E-state index is 5.88. The van der Waals surface area contributed by atoms with E-state index in [2.05, 4.69) is 41.1 Å². The summed E-state index contributed by atoms with van der Waals surface area (Å²) in [4.78, 5) is 6.63. The Morgan fingerprint density at radius 2 is 1.59 bits per heavy atom. The molecule has 3 rings (SSSR count). The van der Waals surface area contributed by atoms with Crippen molar-refractivity contribution in [1.82, 2.24) is 9.88 Å². The van der Waals surface area contributed by atoms with Gasteiger partial charge in [-0.25, -0.2) is 0 Å². The molecule has 0 saturated carbocycles. The summed E-state index contributed by atoms with van der Waals surface area (Å²) in [5.41, 5.74) is 2.38. The van der Waals surface area contributed by atoms with Crippen molar-refractivity contribution in [3.8, 4) is 16.9 Å². The van der Waals surface area contributed by atoms with Crippen LogP contribution in [0.5, 0.6) is 5.75 Å². The topological polar surface area (TPSA) is 151 Å². The van der Waals surface area contributed by atoms with E-state index in [1.807, 2.05) is 24.5 Å². The summed E-state index contributed by atoms with van der Waals surface area (Å²) in [5.74, 6) is 1.81.